The van der Waals surface area contributed by atoms with Crippen molar-refractivity contribution >= 4 is 166 Å². The largest absolute Gasteiger partial charge is 0.642 e. The van der Waals surface area contributed by atoms with Crippen LogP contribution in [0.2, 0.25) is 0 Å². The molecule has 0 amide bonds. The number of hydrogen-bond acceptors (Lipinski definition) is 6. The third-order valence-corrected chi connectivity index (χ3v) is 22.3. The molecule has 0 bridgehead atoms. The van der Waals surface area contributed by atoms with E-state index < -0.39 is 12.9 Å². The number of benzene rings is 12. The normalized spacial score (nSPS) is 13.6. The SMILES string of the molecule is Brc1ccc(C2=CC(c3ccccc3)=NC2=Nc2[nH]c(-c3ccccc3)cc2-c2ccc(Br)cc2)cc1.F[B-]1(F)n2c(-c3ccccc3)cc(-c3ccc(Br)cc3)c2N=C2C(c3ccc(Br)cc3)=CC(c3ccccc3)=[N+]21.O=C(/C=C/c1ccc(Br)cc1)c1ccccc1.O=C(CC(C[N+](=O)[O-])c1ccc(Br)cc1)c1ccccc1. The number of aromatic nitrogens is 2. The summed E-state index contributed by atoms with van der Waals surface area (Å²) in [7, 11) is 0. The molecule has 3 aliphatic rings. The van der Waals surface area contributed by atoms with Gasteiger partial charge >= 0.3 is 6.97 Å². The predicted molar refractivity (Wildman–Crippen MR) is 486 cm³/mol. The highest BCUT2D eigenvalue weighted by Gasteiger charge is 2.53. The van der Waals surface area contributed by atoms with Crippen LogP contribution in [0.15, 0.2) is 400 Å². The Bertz CT molecular complexity index is 6070. The third kappa shape index (κ3) is 19.7. The van der Waals surface area contributed by atoms with Gasteiger partial charge in [0.25, 0.3) is 5.84 Å². The minimum absolute atomic E-state index is 0.0218. The van der Waals surface area contributed by atoms with Gasteiger partial charge in [0.15, 0.2) is 17.4 Å². The summed E-state index contributed by atoms with van der Waals surface area (Å²) in [6.07, 6.45) is 7.51. The highest BCUT2D eigenvalue weighted by atomic mass is 79.9. The van der Waals surface area contributed by atoms with Crippen LogP contribution in [-0.2, 0) is 0 Å². The molecule has 20 heteroatoms. The van der Waals surface area contributed by atoms with Crippen molar-refractivity contribution in [2.45, 2.75) is 12.3 Å². The van der Waals surface area contributed by atoms with Gasteiger partial charge in [0.05, 0.1) is 22.9 Å². The lowest BCUT2D eigenvalue weighted by Crippen LogP contribution is -2.53. The van der Waals surface area contributed by atoms with Gasteiger partial charge in [-0.25, -0.2) is 9.98 Å². The zero-order chi connectivity index (χ0) is 80.0. The molecule has 17 rings (SSSR count). The summed E-state index contributed by atoms with van der Waals surface area (Å²) in [6, 6.07) is 108. The van der Waals surface area contributed by atoms with Crippen molar-refractivity contribution in [1.29, 1.82) is 0 Å². The van der Waals surface area contributed by atoms with E-state index in [1.165, 1.54) is 0 Å². The van der Waals surface area contributed by atoms with E-state index in [2.05, 4.69) is 173 Å². The van der Waals surface area contributed by atoms with Crippen molar-refractivity contribution in [2.75, 3.05) is 6.54 Å². The fourth-order valence-electron chi connectivity index (χ4n) is 13.4. The zero-order valence-corrected chi connectivity index (χ0v) is 70.6. The van der Waals surface area contributed by atoms with Crippen LogP contribution < -0.4 is 0 Å². The van der Waals surface area contributed by atoms with E-state index in [-0.39, 0.29) is 41.1 Å². The van der Waals surface area contributed by atoms with E-state index in [1.54, 1.807) is 30.3 Å². The lowest BCUT2D eigenvalue weighted by atomic mass is 9.91. The quantitative estimate of drug-likeness (QED) is 0.0300. The van der Waals surface area contributed by atoms with Gasteiger partial charge in [-0.15, -0.1) is 0 Å². The van der Waals surface area contributed by atoms with Crippen LogP contribution in [-0.4, -0.2) is 67.0 Å². The summed E-state index contributed by atoms with van der Waals surface area (Å²) in [5.41, 5.74) is 16.6. The molecule has 1 atom stereocenters. The number of nitro groups is 1. The first kappa shape index (κ1) is 80.3. The number of ketones is 2. The molecule has 0 radical (unpaired) electrons. The summed E-state index contributed by atoms with van der Waals surface area (Å²) in [6.45, 7) is -4.58. The standard InChI is InChI=1S/C32H20BBr2F2N3.C32H21Br2N3.C16H14BrNO3.C15H11BrO/c34-25-15-11-21(12-16-25)27-19-29(23-7-3-1-4-8-23)39-31(27)38-32-28(22-13-17-26(35)18-14-22)20-30(40(32)33(39,36)37)24-9-5-2-6-10-24;33-25-15-11-21(12-16-25)27-19-29(23-7-3-1-4-8-23)35-31(27)37-32-28(22-13-17-26(34)18-14-22)20-30(36-32)24-9-5-2-6-10-24;17-15-8-6-12(7-9-15)14(11-18(20)21)10-16(19)13-4-2-1-3-5-13;16-14-9-6-12(7-10-14)8-11-15(17)13-4-2-1-3-5-13/h1-20H;1-20,35H;1-9,14H,10-11H2;1-11H/b;;;11-8+. The fraction of sp³-hybridized carbons (Fsp3) is 0.0316. The number of aromatic amines is 1. The van der Waals surface area contributed by atoms with Crippen LogP contribution in [0.3, 0.4) is 0 Å². The molecule has 5 heterocycles. The number of amidine groups is 2. The van der Waals surface area contributed by atoms with E-state index >= 15 is 8.63 Å². The van der Waals surface area contributed by atoms with Gasteiger partial charge in [-0.1, -0.05) is 356 Å². The lowest BCUT2D eigenvalue weighted by Gasteiger charge is -2.32. The average molecular weight is 1900 g/mol. The van der Waals surface area contributed by atoms with Gasteiger partial charge < -0.3 is 22.6 Å². The molecule has 3 aliphatic heterocycles. The Morgan fingerprint density at radius 2 is 0.913 bits per heavy atom. The minimum Gasteiger partial charge on any atom is -0.414 e. The van der Waals surface area contributed by atoms with E-state index in [1.807, 2.05) is 261 Å². The first-order valence-electron chi connectivity index (χ1n) is 36.5. The molecule has 14 aromatic rings. The Morgan fingerprint density at radius 1 is 0.478 bits per heavy atom. The number of nitrogens with zero attached hydrogens (tertiary/aromatic N) is 6. The molecule has 0 saturated heterocycles. The molecule has 2 aromatic heterocycles. The second kappa shape index (κ2) is 37.3. The van der Waals surface area contributed by atoms with Gasteiger partial charge in [-0.3, -0.25) is 19.7 Å². The highest BCUT2D eigenvalue weighted by Crippen LogP contribution is 2.47. The van der Waals surface area contributed by atoms with E-state index in [9.17, 15) is 19.7 Å². The van der Waals surface area contributed by atoms with Crippen LogP contribution in [0.5, 0.6) is 0 Å². The number of H-pyrrole nitrogens is 1. The third-order valence-electron chi connectivity index (χ3n) is 19.1. The summed E-state index contributed by atoms with van der Waals surface area (Å²) in [4.78, 5) is 53.3. The molecule has 115 heavy (non-hydrogen) atoms. The Balaban J connectivity index is 0.000000134. The van der Waals surface area contributed by atoms with Gasteiger partial charge in [0.2, 0.25) is 12.4 Å². The van der Waals surface area contributed by atoms with Crippen LogP contribution in [0.25, 0.3) is 62.0 Å². The number of Topliss-reactive ketones (excluding diaryl/α,β-unsaturated/α-hetero) is 1. The first-order chi connectivity index (χ1) is 55.9. The van der Waals surface area contributed by atoms with Gasteiger partial charge in [0.1, 0.15) is 5.82 Å². The number of hydrogen-bond donors (Lipinski definition) is 1. The monoisotopic (exact) mass is 1890 g/mol. The summed E-state index contributed by atoms with van der Waals surface area (Å²) in [5.74, 6) is 1.47. The van der Waals surface area contributed by atoms with Crippen molar-refractivity contribution in [2.24, 2.45) is 15.0 Å². The Labute approximate surface area is 714 Å². The number of allylic oxidation sites excluding steroid dienone is 3. The highest BCUT2D eigenvalue weighted by molar-refractivity contribution is 9.11. The van der Waals surface area contributed by atoms with Crippen molar-refractivity contribution in [3.05, 3.63) is 439 Å². The second-order valence-electron chi connectivity index (χ2n) is 26.8. The maximum Gasteiger partial charge on any atom is 0.642 e. The van der Waals surface area contributed by atoms with E-state index in [0.717, 1.165) is 109 Å². The second-order valence-corrected chi connectivity index (χ2v) is 32.3. The summed E-state index contributed by atoms with van der Waals surface area (Å²) in [5, 5.41) is 10.9. The molecule has 0 saturated carbocycles. The topological polar surface area (TPSA) is 138 Å². The molecule has 0 aliphatic carbocycles. The Kier molecular flexibility index (Phi) is 26.0. The maximum absolute atomic E-state index is 17.2. The smallest absolute Gasteiger partial charge is 0.414 e. The van der Waals surface area contributed by atoms with Crippen LogP contribution >= 0.6 is 95.6 Å². The molecular weight excluding hydrogens is 1830 g/mol. The van der Waals surface area contributed by atoms with Crippen molar-refractivity contribution in [3.8, 4) is 44.8 Å². The number of fused-ring (bicyclic) bond motifs is 2. The van der Waals surface area contributed by atoms with Crippen LogP contribution in [0.4, 0.5) is 20.3 Å². The molecular formula is C95H66BBr6F2N7O4. The van der Waals surface area contributed by atoms with E-state index in [0.29, 0.717) is 50.6 Å². The van der Waals surface area contributed by atoms with Gasteiger partial charge in [0, 0.05) is 88.5 Å². The van der Waals surface area contributed by atoms with Crippen LogP contribution in [0, 0.1) is 10.1 Å². The Morgan fingerprint density at radius 3 is 1.43 bits per heavy atom. The zero-order valence-electron chi connectivity index (χ0n) is 61.0. The summed E-state index contributed by atoms with van der Waals surface area (Å²) < 4.78 is 42.5. The molecule has 0 fully saturated rings. The number of halogens is 8. The molecule has 0 spiro atoms. The Hall–Kier alpha value is -11.4. The molecule has 1 N–H and O–H groups in total. The average Bonchev–Trinajstić information content (AvgIpc) is 1.55. The molecule has 12 aromatic carbocycles. The number of nitrogens with one attached hydrogen (secondary N) is 1. The summed E-state index contributed by atoms with van der Waals surface area (Å²) >= 11 is 20.8. The lowest BCUT2D eigenvalue weighted by molar-refractivity contribution is -0.483. The number of rotatable bonds is 18. The first-order valence-corrected chi connectivity index (χ1v) is 41.2. The maximum atomic E-state index is 17.2. The van der Waals surface area contributed by atoms with Crippen molar-refractivity contribution in [1.82, 2.24) is 9.46 Å². The fourth-order valence-corrected chi connectivity index (χ4v) is 15.0. The van der Waals surface area contributed by atoms with Crippen molar-refractivity contribution in [3.63, 3.8) is 0 Å². The van der Waals surface area contributed by atoms with Gasteiger partial charge in [-0.05, 0) is 153 Å². The molecule has 564 valence electrons. The van der Waals surface area contributed by atoms with E-state index in [4.69, 9.17) is 15.0 Å². The molecule has 11 nitrogen and oxygen atoms in total. The van der Waals surface area contributed by atoms with Crippen LogP contribution in [0.1, 0.15) is 66.4 Å². The molecule has 1 unspecified atom stereocenters. The number of carbonyl (C=O) groups is 2. The number of aliphatic imine (C=N–C) groups is 3. The number of carbonyl (C=O) groups excluding carboxylic acids is 2. The van der Waals surface area contributed by atoms with Crippen molar-refractivity contribution < 1.29 is 27.6 Å². The van der Waals surface area contributed by atoms with Gasteiger partial charge in [-0.2, -0.15) is 0 Å². The predicted octanol–water partition coefficient (Wildman–Crippen LogP) is 27.1. The minimum atomic E-state index is -4.34.